The molecule has 1 aromatic heterocycles. The van der Waals surface area contributed by atoms with Crippen molar-refractivity contribution < 1.29 is 14.7 Å². The molecule has 0 aromatic carbocycles. The van der Waals surface area contributed by atoms with Gasteiger partial charge in [-0.3, -0.25) is 4.79 Å². The number of hydrogen-bond donors (Lipinski definition) is 1. The Balaban J connectivity index is 2.98. The molecule has 0 aliphatic carbocycles. The van der Waals surface area contributed by atoms with Gasteiger partial charge in [0.1, 0.15) is 4.88 Å². The minimum atomic E-state index is -1.05. The second-order valence-electron chi connectivity index (χ2n) is 1.49. The highest BCUT2D eigenvalue weighted by Gasteiger charge is 2.06. The highest BCUT2D eigenvalue weighted by Crippen LogP contribution is 2.09. The van der Waals surface area contributed by atoms with Crippen molar-refractivity contribution in [3.63, 3.8) is 0 Å². The summed E-state index contributed by atoms with van der Waals surface area (Å²) in [4.78, 5) is 23.8. The largest absolute Gasteiger partial charge is 0.477 e. The number of nitrogens with zero attached hydrogens (tertiary/aromatic N) is 1. The van der Waals surface area contributed by atoms with Crippen LogP contribution in [-0.2, 0) is 0 Å². The van der Waals surface area contributed by atoms with Crippen LogP contribution in [0.15, 0.2) is 6.20 Å². The van der Waals surface area contributed by atoms with Crippen molar-refractivity contribution in [3.05, 3.63) is 16.1 Å². The Morgan fingerprint density at radius 3 is 2.80 bits per heavy atom. The summed E-state index contributed by atoms with van der Waals surface area (Å²) in [5, 5.41) is 8.54. The Kier molecular flexibility index (Phi) is 1.77. The number of hydrogen-bond acceptors (Lipinski definition) is 4. The molecule has 0 aliphatic rings. The molecule has 0 radical (unpaired) electrons. The molecule has 10 heavy (non-hydrogen) atoms. The molecule has 0 atom stereocenters. The van der Waals surface area contributed by atoms with Crippen LogP contribution < -0.4 is 0 Å². The zero-order valence-electron chi connectivity index (χ0n) is 4.77. The van der Waals surface area contributed by atoms with Crippen molar-refractivity contribution in [1.29, 1.82) is 0 Å². The maximum absolute atomic E-state index is 10.2. The van der Waals surface area contributed by atoms with Crippen molar-refractivity contribution in [2.24, 2.45) is 0 Å². The third-order valence-electron chi connectivity index (χ3n) is 0.835. The molecule has 1 heterocycles. The number of thiazole rings is 1. The summed E-state index contributed by atoms with van der Waals surface area (Å²) in [6, 6.07) is 0. The standard InChI is InChI=1S/C5H3NO3S/c7-2-4-6-1-3(10-4)5(8)9/h1-2H,(H,8,9). The first-order valence-electron chi connectivity index (χ1n) is 2.38. The van der Waals surface area contributed by atoms with E-state index in [0.29, 0.717) is 6.29 Å². The Bertz CT molecular complexity index is 268. The van der Waals surface area contributed by atoms with Gasteiger partial charge in [0, 0.05) is 0 Å². The van der Waals surface area contributed by atoms with Crippen LogP contribution in [0.2, 0.25) is 0 Å². The van der Waals surface area contributed by atoms with Gasteiger partial charge in [-0.1, -0.05) is 0 Å². The fourth-order valence-electron chi connectivity index (χ4n) is 0.441. The summed E-state index contributed by atoms with van der Waals surface area (Å²) in [5.41, 5.74) is 0. The van der Waals surface area contributed by atoms with Gasteiger partial charge in [0.25, 0.3) is 0 Å². The van der Waals surface area contributed by atoms with Crippen molar-refractivity contribution in [2.75, 3.05) is 0 Å². The van der Waals surface area contributed by atoms with Crippen LogP contribution in [0.4, 0.5) is 0 Å². The Morgan fingerprint density at radius 2 is 2.50 bits per heavy atom. The zero-order valence-corrected chi connectivity index (χ0v) is 5.59. The molecule has 4 nitrogen and oxygen atoms in total. The van der Waals surface area contributed by atoms with Crippen molar-refractivity contribution in [3.8, 4) is 0 Å². The first-order chi connectivity index (χ1) is 4.74. The van der Waals surface area contributed by atoms with Crippen LogP contribution in [0.1, 0.15) is 19.5 Å². The number of aromatic carboxylic acids is 1. The van der Waals surface area contributed by atoms with E-state index in [-0.39, 0.29) is 9.88 Å². The maximum Gasteiger partial charge on any atom is 0.347 e. The molecule has 1 N–H and O–H groups in total. The molecule has 0 spiro atoms. The third-order valence-corrected chi connectivity index (χ3v) is 1.75. The molecular formula is C5H3NO3S. The third kappa shape index (κ3) is 1.19. The summed E-state index contributed by atoms with van der Waals surface area (Å²) < 4.78 is 0. The molecule has 0 fully saturated rings. The van der Waals surface area contributed by atoms with Crippen LogP contribution in [0, 0.1) is 0 Å². The van der Waals surface area contributed by atoms with E-state index in [9.17, 15) is 9.59 Å². The van der Waals surface area contributed by atoms with Gasteiger partial charge in [-0.05, 0) is 0 Å². The fourth-order valence-corrected chi connectivity index (χ4v) is 1.01. The van der Waals surface area contributed by atoms with Crippen LogP contribution in [0.5, 0.6) is 0 Å². The second-order valence-corrected chi connectivity index (χ2v) is 2.55. The summed E-state index contributed by atoms with van der Waals surface area (Å²) in [6.07, 6.45) is 1.69. The normalized spacial score (nSPS) is 9.20. The van der Waals surface area contributed by atoms with Crippen molar-refractivity contribution >= 4 is 23.6 Å². The minimum Gasteiger partial charge on any atom is -0.477 e. The number of carboxylic acids is 1. The molecule has 1 aromatic rings. The monoisotopic (exact) mass is 157 g/mol. The van der Waals surface area contributed by atoms with Crippen molar-refractivity contribution in [2.45, 2.75) is 0 Å². The van der Waals surface area contributed by atoms with E-state index < -0.39 is 5.97 Å². The molecular weight excluding hydrogens is 154 g/mol. The van der Waals surface area contributed by atoms with Gasteiger partial charge in [0.2, 0.25) is 0 Å². The average molecular weight is 157 g/mol. The average Bonchev–Trinajstić information content (AvgIpc) is 2.34. The molecule has 0 saturated carbocycles. The predicted octanol–water partition coefficient (Wildman–Crippen LogP) is 0.654. The van der Waals surface area contributed by atoms with E-state index in [2.05, 4.69) is 4.98 Å². The number of carbonyl (C=O) groups is 2. The summed E-state index contributed by atoms with van der Waals surface area (Å²) in [7, 11) is 0. The van der Waals surface area contributed by atoms with Crippen LogP contribution >= 0.6 is 11.3 Å². The van der Waals surface area contributed by atoms with E-state index in [1.807, 2.05) is 0 Å². The SMILES string of the molecule is O=Cc1ncc(C(=O)O)s1. The molecule has 0 bridgehead atoms. The molecule has 0 saturated heterocycles. The van der Waals surface area contributed by atoms with Crippen LogP contribution in [-0.4, -0.2) is 22.3 Å². The maximum atomic E-state index is 10.2. The zero-order chi connectivity index (χ0) is 7.56. The Morgan fingerprint density at radius 1 is 1.80 bits per heavy atom. The van der Waals surface area contributed by atoms with E-state index in [1.165, 1.54) is 0 Å². The summed E-state index contributed by atoms with van der Waals surface area (Å²) in [5.74, 6) is -1.05. The molecule has 0 aliphatic heterocycles. The second kappa shape index (κ2) is 2.57. The molecule has 1 rings (SSSR count). The first kappa shape index (κ1) is 6.88. The van der Waals surface area contributed by atoms with Gasteiger partial charge in [-0.15, -0.1) is 11.3 Å². The molecule has 0 amide bonds. The lowest BCUT2D eigenvalue weighted by atomic mass is 10.6. The van der Waals surface area contributed by atoms with E-state index in [1.54, 1.807) is 0 Å². The predicted molar refractivity (Wildman–Crippen MR) is 34.5 cm³/mol. The highest BCUT2D eigenvalue weighted by atomic mass is 32.1. The lowest BCUT2D eigenvalue weighted by Gasteiger charge is -1.78. The van der Waals surface area contributed by atoms with Crippen LogP contribution in [0.25, 0.3) is 0 Å². The number of rotatable bonds is 2. The van der Waals surface area contributed by atoms with Gasteiger partial charge in [0.15, 0.2) is 11.3 Å². The number of carboxylic acid groups (broad SMARTS) is 1. The molecule has 0 unspecified atom stereocenters. The van der Waals surface area contributed by atoms with Gasteiger partial charge in [0.05, 0.1) is 6.20 Å². The van der Waals surface area contributed by atoms with Gasteiger partial charge >= 0.3 is 5.97 Å². The van der Waals surface area contributed by atoms with Gasteiger partial charge in [-0.25, -0.2) is 9.78 Å². The van der Waals surface area contributed by atoms with Gasteiger partial charge < -0.3 is 5.11 Å². The van der Waals surface area contributed by atoms with E-state index in [0.717, 1.165) is 17.5 Å². The number of aromatic nitrogens is 1. The molecule has 52 valence electrons. The number of carbonyl (C=O) groups excluding carboxylic acids is 1. The quantitative estimate of drug-likeness (QED) is 0.640. The highest BCUT2D eigenvalue weighted by molar-refractivity contribution is 7.15. The summed E-state index contributed by atoms with van der Waals surface area (Å²) in [6.45, 7) is 0. The molecule has 5 heteroatoms. The fraction of sp³-hybridized carbons (Fsp3) is 0. The van der Waals surface area contributed by atoms with Gasteiger partial charge in [-0.2, -0.15) is 0 Å². The van der Waals surface area contributed by atoms with Crippen LogP contribution in [0.3, 0.4) is 0 Å². The van der Waals surface area contributed by atoms with E-state index >= 15 is 0 Å². The van der Waals surface area contributed by atoms with Crippen molar-refractivity contribution in [1.82, 2.24) is 4.98 Å². The van der Waals surface area contributed by atoms with E-state index in [4.69, 9.17) is 5.11 Å². The number of aldehydes is 1. The first-order valence-corrected chi connectivity index (χ1v) is 3.20. The minimum absolute atomic E-state index is 0.0853. The lowest BCUT2D eigenvalue weighted by Crippen LogP contribution is -1.89. The smallest absolute Gasteiger partial charge is 0.347 e. The topological polar surface area (TPSA) is 67.3 Å². The summed E-state index contributed by atoms with van der Waals surface area (Å²) >= 11 is 0.862. The Hall–Kier alpha value is -1.23. The lowest BCUT2D eigenvalue weighted by molar-refractivity contribution is 0.0702. The Labute approximate surface area is 60.1 Å².